The molecule has 1 N–H and O–H groups in total. The van der Waals surface area contributed by atoms with Crippen LogP contribution in [0.3, 0.4) is 0 Å². The maximum Gasteiger partial charge on any atom is 0.266 e. The Labute approximate surface area is 102 Å². The van der Waals surface area contributed by atoms with Crippen LogP contribution >= 0.6 is 0 Å². The molecule has 0 aliphatic carbocycles. The van der Waals surface area contributed by atoms with Gasteiger partial charge in [-0.3, -0.25) is 14.4 Å². The standard InChI is InChI=1S/C13H8N2O3/c16-11-7-8(5-6-14-11)15-12(17)9-3-1-2-4-10(9)13(15)18/h1-7H,(H,14,16). The Morgan fingerprint density at radius 2 is 1.50 bits per heavy atom. The van der Waals surface area contributed by atoms with Crippen LogP contribution in [0.5, 0.6) is 0 Å². The molecule has 1 aliphatic heterocycles. The van der Waals surface area contributed by atoms with E-state index in [1.165, 1.54) is 18.3 Å². The van der Waals surface area contributed by atoms with Crippen LogP contribution < -0.4 is 10.5 Å². The van der Waals surface area contributed by atoms with Gasteiger partial charge in [0.05, 0.1) is 16.8 Å². The highest BCUT2D eigenvalue weighted by molar-refractivity contribution is 6.34. The molecule has 5 nitrogen and oxygen atoms in total. The summed E-state index contributed by atoms with van der Waals surface area (Å²) in [6.45, 7) is 0. The largest absolute Gasteiger partial charge is 0.329 e. The molecule has 0 saturated heterocycles. The molecule has 88 valence electrons. The Morgan fingerprint density at radius 1 is 0.889 bits per heavy atom. The highest BCUT2D eigenvalue weighted by Crippen LogP contribution is 2.26. The van der Waals surface area contributed by atoms with Crippen LogP contribution in [0.4, 0.5) is 5.69 Å². The number of nitrogens with one attached hydrogen (secondary N) is 1. The Balaban J connectivity index is 2.15. The summed E-state index contributed by atoms with van der Waals surface area (Å²) in [5.74, 6) is -0.803. The molecular formula is C13H8N2O3. The quantitative estimate of drug-likeness (QED) is 0.761. The van der Waals surface area contributed by atoms with Crippen molar-refractivity contribution in [3.05, 3.63) is 64.1 Å². The van der Waals surface area contributed by atoms with Gasteiger partial charge in [0.25, 0.3) is 11.8 Å². The third-order valence-corrected chi connectivity index (χ3v) is 2.81. The van der Waals surface area contributed by atoms with Gasteiger partial charge in [0, 0.05) is 12.3 Å². The number of pyridine rings is 1. The van der Waals surface area contributed by atoms with Gasteiger partial charge in [0.1, 0.15) is 0 Å². The van der Waals surface area contributed by atoms with Gasteiger partial charge in [-0.1, -0.05) is 12.1 Å². The molecule has 0 saturated carbocycles. The first-order valence-electron chi connectivity index (χ1n) is 5.35. The molecule has 0 radical (unpaired) electrons. The van der Waals surface area contributed by atoms with Gasteiger partial charge in [0.15, 0.2) is 0 Å². The molecule has 0 spiro atoms. The molecule has 0 unspecified atom stereocenters. The molecule has 1 aromatic carbocycles. The van der Waals surface area contributed by atoms with E-state index in [-0.39, 0.29) is 11.2 Å². The van der Waals surface area contributed by atoms with Crippen LogP contribution in [-0.4, -0.2) is 16.8 Å². The highest BCUT2D eigenvalue weighted by Gasteiger charge is 2.36. The van der Waals surface area contributed by atoms with Gasteiger partial charge in [-0.05, 0) is 18.2 Å². The Kier molecular flexibility index (Phi) is 2.13. The summed E-state index contributed by atoms with van der Waals surface area (Å²) in [5.41, 5.74) is 0.652. The van der Waals surface area contributed by atoms with Gasteiger partial charge < -0.3 is 4.98 Å². The zero-order chi connectivity index (χ0) is 12.7. The molecule has 5 heteroatoms. The number of carbonyl (C=O) groups excluding carboxylic acids is 2. The molecule has 1 aliphatic rings. The van der Waals surface area contributed by atoms with Crippen molar-refractivity contribution in [2.75, 3.05) is 4.90 Å². The zero-order valence-corrected chi connectivity index (χ0v) is 9.21. The second kappa shape index (κ2) is 3.66. The van der Waals surface area contributed by atoms with Crippen LogP contribution in [0.2, 0.25) is 0 Å². The number of aromatic nitrogens is 1. The van der Waals surface area contributed by atoms with Crippen molar-refractivity contribution in [3.8, 4) is 0 Å². The van der Waals surface area contributed by atoms with Crippen molar-refractivity contribution >= 4 is 17.5 Å². The molecule has 0 fully saturated rings. The van der Waals surface area contributed by atoms with Crippen molar-refractivity contribution in [3.63, 3.8) is 0 Å². The first kappa shape index (κ1) is 10.5. The van der Waals surface area contributed by atoms with Crippen molar-refractivity contribution in [2.45, 2.75) is 0 Å². The van der Waals surface area contributed by atoms with Crippen molar-refractivity contribution in [1.29, 1.82) is 0 Å². The lowest BCUT2D eigenvalue weighted by Crippen LogP contribution is -2.30. The van der Waals surface area contributed by atoms with Crippen LogP contribution in [0.25, 0.3) is 0 Å². The number of nitrogens with zero attached hydrogens (tertiary/aromatic N) is 1. The average Bonchev–Trinajstić information content (AvgIpc) is 2.63. The third-order valence-electron chi connectivity index (χ3n) is 2.81. The van der Waals surface area contributed by atoms with Gasteiger partial charge in [-0.2, -0.15) is 0 Å². The van der Waals surface area contributed by atoms with E-state index in [2.05, 4.69) is 4.98 Å². The normalized spacial score (nSPS) is 13.9. The van der Waals surface area contributed by atoms with Crippen molar-refractivity contribution in [1.82, 2.24) is 4.98 Å². The molecule has 2 heterocycles. The highest BCUT2D eigenvalue weighted by atomic mass is 16.2. The predicted octanol–water partition coefficient (Wildman–Crippen LogP) is 1.18. The van der Waals surface area contributed by atoms with Crippen LogP contribution in [-0.2, 0) is 0 Å². The molecule has 3 rings (SSSR count). The third kappa shape index (κ3) is 1.37. The molecule has 0 atom stereocenters. The molecule has 2 amide bonds. The number of imide groups is 1. The number of amides is 2. The minimum atomic E-state index is -0.402. The Hall–Kier alpha value is -2.69. The number of aromatic amines is 1. The smallest absolute Gasteiger partial charge is 0.266 e. The van der Waals surface area contributed by atoms with E-state index in [0.717, 1.165) is 4.90 Å². The summed E-state index contributed by atoms with van der Waals surface area (Å²) in [6.07, 6.45) is 1.40. The monoisotopic (exact) mass is 240 g/mol. The zero-order valence-electron chi connectivity index (χ0n) is 9.21. The maximum absolute atomic E-state index is 12.1. The summed E-state index contributed by atoms with van der Waals surface area (Å²) >= 11 is 0. The van der Waals surface area contributed by atoms with E-state index in [1.54, 1.807) is 24.3 Å². The Bertz CT molecular complexity index is 683. The lowest BCUT2D eigenvalue weighted by molar-refractivity contribution is 0.0926. The van der Waals surface area contributed by atoms with Crippen LogP contribution in [0.1, 0.15) is 20.7 Å². The number of hydrogen-bond donors (Lipinski definition) is 1. The van der Waals surface area contributed by atoms with Gasteiger partial charge in [0.2, 0.25) is 5.56 Å². The van der Waals surface area contributed by atoms with E-state index in [1.807, 2.05) is 0 Å². The number of anilines is 1. The number of fused-ring (bicyclic) bond motifs is 1. The summed E-state index contributed by atoms with van der Waals surface area (Å²) in [6, 6.07) is 9.34. The first-order chi connectivity index (χ1) is 8.68. The van der Waals surface area contributed by atoms with Crippen molar-refractivity contribution in [2.24, 2.45) is 0 Å². The fourth-order valence-corrected chi connectivity index (χ4v) is 2.00. The number of H-pyrrole nitrogens is 1. The fourth-order valence-electron chi connectivity index (χ4n) is 2.00. The van der Waals surface area contributed by atoms with Gasteiger partial charge in [-0.25, -0.2) is 4.90 Å². The fraction of sp³-hybridized carbons (Fsp3) is 0. The summed E-state index contributed by atoms with van der Waals surface area (Å²) < 4.78 is 0. The number of rotatable bonds is 1. The number of carbonyl (C=O) groups is 2. The number of benzene rings is 1. The van der Waals surface area contributed by atoms with E-state index in [4.69, 9.17) is 0 Å². The lowest BCUT2D eigenvalue weighted by atomic mass is 10.1. The predicted molar refractivity (Wildman–Crippen MR) is 64.6 cm³/mol. The summed E-state index contributed by atoms with van der Waals surface area (Å²) in [7, 11) is 0. The molecule has 0 bridgehead atoms. The molecule has 2 aromatic rings. The minimum Gasteiger partial charge on any atom is -0.329 e. The molecular weight excluding hydrogens is 232 g/mol. The second-order valence-electron chi connectivity index (χ2n) is 3.90. The van der Waals surface area contributed by atoms with Gasteiger partial charge in [-0.15, -0.1) is 0 Å². The second-order valence-corrected chi connectivity index (χ2v) is 3.90. The topological polar surface area (TPSA) is 70.2 Å². The summed E-state index contributed by atoms with van der Waals surface area (Å²) in [4.78, 5) is 38.9. The first-order valence-corrected chi connectivity index (χ1v) is 5.35. The summed E-state index contributed by atoms with van der Waals surface area (Å²) in [5, 5.41) is 0. The Morgan fingerprint density at radius 3 is 2.06 bits per heavy atom. The lowest BCUT2D eigenvalue weighted by Gasteiger charge is -2.12. The van der Waals surface area contributed by atoms with E-state index < -0.39 is 11.8 Å². The van der Waals surface area contributed by atoms with Crippen LogP contribution in [0, 0.1) is 0 Å². The number of hydrogen-bond acceptors (Lipinski definition) is 3. The van der Waals surface area contributed by atoms with E-state index >= 15 is 0 Å². The average molecular weight is 240 g/mol. The van der Waals surface area contributed by atoms with Gasteiger partial charge >= 0.3 is 0 Å². The molecule has 1 aromatic heterocycles. The SMILES string of the molecule is O=C1c2ccccc2C(=O)N1c1cc[nH]c(=O)c1. The molecule has 18 heavy (non-hydrogen) atoms. The van der Waals surface area contributed by atoms with E-state index in [0.29, 0.717) is 11.1 Å². The van der Waals surface area contributed by atoms with Crippen molar-refractivity contribution < 1.29 is 9.59 Å². The van der Waals surface area contributed by atoms with Crippen LogP contribution in [0.15, 0.2) is 47.4 Å². The maximum atomic E-state index is 12.1. The minimum absolute atomic E-state index is 0.282. The van der Waals surface area contributed by atoms with E-state index in [9.17, 15) is 14.4 Å².